The zero-order valence-electron chi connectivity index (χ0n) is 11.9. The van der Waals surface area contributed by atoms with E-state index in [1.165, 1.54) is 32.1 Å². The summed E-state index contributed by atoms with van der Waals surface area (Å²) in [6.07, 6.45) is 7.42. The molecular weight excluding hydrogens is 222 g/mol. The molecule has 2 aliphatic rings. The van der Waals surface area contributed by atoms with E-state index in [-0.39, 0.29) is 5.54 Å². The third-order valence-corrected chi connectivity index (χ3v) is 4.19. The fraction of sp³-hybridized carbons (Fsp3) is 0.933. The largest absolute Gasteiger partial charge is 0.298 e. The van der Waals surface area contributed by atoms with Crippen molar-refractivity contribution in [3.05, 3.63) is 0 Å². The topological polar surface area (TPSA) is 39.1 Å². The van der Waals surface area contributed by atoms with Crippen LogP contribution < -0.4 is 5.32 Å². The van der Waals surface area contributed by atoms with Gasteiger partial charge in [0.05, 0.1) is 6.07 Å². The molecule has 0 bridgehead atoms. The molecule has 3 nitrogen and oxygen atoms in total. The molecule has 3 heteroatoms. The predicted octanol–water partition coefficient (Wildman–Crippen LogP) is 2.53. The van der Waals surface area contributed by atoms with Crippen LogP contribution in [0.4, 0.5) is 0 Å². The van der Waals surface area contributed by atoms with Gasteiger partial charge < -0.3 is 0 Å². The highest BCUT2D eigenvalue weighted by Gasteiger charge is 2.47. The summed E-state index contributed by atoms with van der Waals surface area (Å²) in [4.78, 5) is 2.56. The molecule has 0 radical (unpaired) electrons. The lowest BCUT2D eigenvalue weighted by Gasteiger charge is -2.34. The molecule has 0 saturated heterocycles. The van der Waals surface area contributed by atoms with Crippen molar-refractivity contribution in [2.75, 3.05) is 19.6 Å². The molecule has 0 spiro atoms. The molecular formula is C15H27N3. The minimum absolute atomic E-state index is 0.270. The summed E-state index contributed by atoms with van der Waals surface area (Å²) in [5.74, 6) is 0.590. The van der Waals surface area contributed by atoms with Crippen molar-refractivity contribution >= 4 is 0 Å². The van der Waals surface area contributed by atoms with E-state index in [0.717, 1.165) is 32.1 Å². The summed E-state index contributed by atoms with van der Waals surface area (Å²) in [7, 11) is 0. The van der Waals surface area contributed by atoms with Crippen LogP contribution in [-0.4, -0.2) is 36.1 Å². The van der Waals surface area contributed by atoms with E-state index >= 15 is 0 Å². The maximum Gasteiger partial charge on any atom is 0.122 e. The van der Waals surface area contributed by atoms with Crippen LogP contribution in [-0.2, 0) is 0 Å². The molecule has 1 atom stereocenters. The van der Waals surface area contributed by atoms with Crippen molar-refractivity contribution in [2.45, 2.75) is 64.0 Å². The number of nitrogens with zero attached hydrogens (tertiary/aromatic N) is 2. The van der Waals surface area contributed by atoms with Gasteiger partial charge in [-0.3, -0.25) is 10.2 Å². The second kappa shape index (κ2) is 6.04. The average Bonchev–Trinajstić information content (AvgIpc) is 3.24. The van der Waals surface area contributed by atoms with Crippen molar-refractivity contribution in [1.82, 2.24) is 10.2 Å². The first-order valence-electron chi connectivity index (χ1n) is 7.66. The number of hydrogen-bond donors (Lipinski definition) is 1. The van der Waals surface area contributed by atoms with Crippen molar-refractivity contribution < 1.29 is 0 Å². The van der Waals surface area contributed by atoms with Crippen LogP contribution in [0.25, 0.3) is 0 Å². The molecule has 2 rings (SSSR count). The van der Waals surface area contributed by atoms with E-state index in [1.807, 2.05) is 0 Å². The van der Waals surface area contributed by atoms with E-state index < -0.39 is 0 Å². The normalized spacial score (nSPS) is 22.8. The van der Waals surface area contributed by atoms with Crippen molar-refractivity contribution in [1.29, 1.82) is 5.26 Å². The number of hydrogen-bond acceptors (Lipinski definition) is 3. The van der Waals surface area contributed by atoms with E-state index in [4.69, 9.17) is 0 Å². The van der Waals surface area contributed by atoms with E-state index in [9.17, 15) is 5.26 Å². The maximum atomic E-state index is 9.69. The Hall–Kier alpha value is -0.590. The fourth-order valence-electron chi connectivity index (χ4n) is 2.86. The first-order valence-corrected chi connectivity index (χ1v) is 7.66. The van der Waals surface area contributed by atoms with E-state index in [1.54, 1.807) is 0 Å². The Bertz CT molecular complexity index is 301. The van der Waals surface area contributed by atoms with Gasteiger partial charge >= 0.3 is 0 Å². The van der Waals surface area contributed by atoms with Crippen LogP contribution in [0, 0.1) is 17.2 Å². The Labute approximate surface area is 112 Å². The molecule has 2 fully saturated rings. The molecule has 0 heterocycles. The van der Waals surface area contributed by atoms with Crippen LogP contribution in [0.1, 0.15) is 52.4 Å². The Kier molecular flexibility index (Phi) is 4.64. The van der Waals surface area contributed by atoms with Gasteiger partial charge in [0.15, 0.2) is 0 Å². The molecule has 2 aliphatic carbocycles. The molecule has 0 aromatic rings. The standard InChI is InChI=1S/C15H27N3/c1-3-9-17-15(11-16,13-5-6-13)12-18(10-4-2)14-7-8-14/h13-14,17H,3-10,12H2,1-2H3. The van der Waals surface area contributed by atoms with Gasteiger partial charge in [-0.15, -0.1) is 0 Å². The molecule has 2 saturated carbocycles. The van der Waals surface area contributed by atoms with Gasteiger partial charge in [0, 0.05) is 12.6 Å². The quantitative estimate of drug-likeness (QED) is 0.682. The highest BCUT2D eigenvalue weighted by atomic mass is 15.2. The van der Waals surface area contributed by atoms with E-state index in [2.05, 4.69) is 30.1 Å². The third kappa shape index (κ3) is 3.24. The Morgan fingerprint density at radius 3 is 2.39 bits per heavy atom. The Morgan fingerprint density at radius 1 is 1.22 bits per heavy atom. The summed E-state index contributed by atoms with van der Waals surface area (Å²) in [6, 6.07) is 3.39. The Balaban J connectivity index is 2.00. The SMILES string of the molecule is CCCNC(C#N)(CN(CCC)C1CC1)C1CC1. The van der Waals surface area contributed by atoms with Crippen LogP contribution >= 0.6 is 0 Å². The first kappa shape index (κ1) is 13.8. The van der Waals surface area contributed by atoms with Crippen LogP contribution in [0.2, 0.25) is 0 Å². The molecule has 1 N–H and O–H groups in total. The van der Waals surface area contributed by atoms with Crippen molar-refractivity contribution in [3.63, 3.8) is 0 Å². The van der Waals surface area contributed by atoms with Gasteiger partial charge in [-0.25, -0.2) is 0 Å². The minimum atomic E-state index is -0.270. The third-order valence-electron chi connectivity index (χ3n) is 4.19. The highest BCUT2D eigenvalue weighted by molar-refractivity contribution is 5.17. The Morgan fingerprint density at radius 2 is 1.94 bits per heavy atom. The summed E-state index contributed by atoms with van der Waals surface area (Å²) in [5, 5.41) is 13.3. The summed E-state index contributed by atoms with van der Waals surface area (Å²) >= 11 is 0. The molecule has 0 aliphatic heterocycles. The van der Waals surface area contributed by atoms with E-state index in [0.29, 0.717) is 5.92 Å². The molecule has 18 heavy (non-hydrogen) atoms. The van der Waals surface area contributed by atoms with Crippen LogP contribution in [0.15, 0.2) is 0 Å². The van der Waals surface area contributed by atoms with Gasteiger partial charge in [-0.05, 0) is 57.5 Å². The fourth-order valence-corrected chi connectivity index (χ4v) is 2.86. The van der Waals surface area contributed by atoms with Gasteiger partial charge in [-0.1, -0.05) is 13.8 Å². The first-order chi connectivity index (χ1) is 8.75. The lowest BCUT2D eigenvalue weighted by molar-refractivity contribution is 0.188. The second-order valence-corrected chi connectivity index (χ2v) is 5.99. The zero-order valence-corrected chi connectivity index (χ0v) is 11.9. The van der Waals surface area contributed by atoms with Gasteiger partial charge in [0.1, 0.15) is 5.54 Å². The molecule has 0 aromatic heterocycles. The van der Waals surface area contributed by atoms with Crippen molar-refractivity contribution in [2.24, 2.45) is 5.92 Å². The van der Waals surface area contributed by atoms with Crippen molar-refractivity contribution in [3.8, 4) is 6.07 Å². The minimum Gasteiger partial charge on any atom is -0.298 e. The lowest BCUT2D eigenvalue weighted by Crippen LogP contribution is -2.55. The lowest BCUT2D eigenvalue weighted by atomic mass is 9.93. The smallest absolute Gasteiger partial charge is 0.122 e. The summed E-state index contributed by atoms with van der Waals surface area (Å²) in [6.45, 7) is 7.46. The van der Waals surface area contributed by atoms with Gasteiger partial charge in [0.25, 0.3) is 0 Å². The van der Waals surface area contributed by atoms with Crippen LogP contribution in [0.5, 0.6) is 0 Å². The average molecular weight is 249 g/mol. The summed E-state index contributed by atoms with van der Waals surface area (Å²) in [5.41, 5.74) is -0.270. The number of rotatable bonds is 9. The zero-order chi connectivity index (χ0) is 13.0. The molecule has 102 valence electrons. The molecule has 1 unspecified atom stereocenters. The molecule has 0 aromatic carbocycles. The predicted molar refractivity (Wildman–Crippen MR) is 74.2 cm³/mol. The van der Waals surface area contributed by atoms with Crippen LogP contribution in [0.3, 0.4) is 0 Å². The highest BCUT2D eigenvalue weighted by Crippen LogP contribution is 2.41. The molecule has 0 amide bonds. The number of nitriles is 1. The monoisotopic (exact) mass is 249 g/mol. The number of nitrogens with one attached hydrogen (secondary N) is 1. The second-order valence-electron chi connectivity index (χ2n) is 5.99. The maximum absolute atomic E-state index is 9.69. The van der Waals surface area contributed by atoms with Gasteiger partial charge in [-0.2, -0.15) is 5.26 Å². The summed E-state index contributed by atoms with van der Waals surface area (Å²) < 4.78 is 0. The van der Waals surface area contributed by atoms with Gasteiger partial charge in [0.2, 0.25) is 0 Å².